The lowest BCUT2D eigenvalue weighted by molar-refractivity contribution is -0.387. The molecule has 1 aromatic carbocycles. The van der Waals surface area contributed by atoms with Crippen molar-refractivity contribution in [2.24, 2.45) is 11.7 Å². The first-order valence-corrected chi connectivity index (χ1v) is 9.16. The lowest BCUT2D eigenvalue weighted by Gasteiger charge is -2.33. The fraction of sp³-hybridized carbons (Fsp3) is 0.538. The van der Waals surface area contributed by atoms with Crippen molar-refractivity contribution in [1.82, 2.24) is 4.31 Å². The minimum atomic E-state index is -3.91. The van der Waals surface area contributed by atoms with E-state index in [0.717, 1.165) is 6.42 Å². The van der Waals surface area contributed by atoms with Crippen molar-refractivity contribution >= 4 is 44.0 Å². The van der Waals surface area contributed by atoms with Crippen LogP contribution in [0.5, 0.6) is 0 Å². The molecule has 0 spiro atoms. The van der Waals surface area contributed by atoms with Crippen molar-refractivity contribution in [2.45, 2.75) is 30.7 Å². The normalized spacial score (nSPS) is 20.6. The number of sulfonamides is 1. The third-order valence-corrected chi connectivity index (χ3v) is 6.31. The molecule has 2 rings (SSSR count). The van der Waals surface area contributed by atoms with Gasteiger partial charge < -0.3 is 5.73 Å². The smallest absolute Gasteiger partial charge is 0.290 e. The Balaban J connectivity index is 0.00000264. The average molecular weight is 429 g/mol. The van der Waals surface area contributed by atoms with Gasteiger partial charge in [-0.3, -0.25) is 10.1 Å². The standard InChI is InChI=1S/C13H18BrN3O4S.ClH/c1-9(15)10-3-2-6-16(8-10)22(20,21)13-5-4-11(14)7-12(13)17(18)19;/h4-5,7,9-10H,2-3,6,8,15H2,1H3;1H. The second kappa shape index (κ2) is 7.89. The molecule has 10 heteroatoms. The Morgan fingerprint density at radius 2 is 2.13 bits per heavy atom. The Morgan fingerprint density at radius 3 is 2.70 bits per heavy atom. The van der Waals surface area contributed by atoms with Gasteiger partial charge in [0.05, 0.1) is 4.92 Å². The highest BCUT2D eigenvalue weighted by Crippen LogP contribution is 2.32. The summed E-state index contributed by atoms with van der Waals surface area (Å²) in [5.74, 6) is 0.0676. The van der Waals surface area contributed by atoms with E-state index < -0.39 is 20.6 Å². The van der Waals surface area contributed by atoms with Crippen LogP contribution in [0, 0.1) is 16.0 Å². The van der Waals surface area contributed by atoms with E-state index in [1.54, 1.807) is 0 Å². The molecule has 1 saturated heterocycles. The van der Waals surface area contributed by atoms with Gasteiger partial charge in [-0.05, 0) is 37.8 Å². The van der Waals surface area contributed by atoms with Gasteiger partial charge in [-0.25, -0.2) is 8.42 Å². The molecular formula is C13H19BrClN3O4S. The number of nitrogens with two attached hydrogens (primary N) is 1. The van der Waals surface area contributed by atoms with Crippen LogP contribution in [0.25, 0.3) is 0 Å². The van der Waals surface area contributed by atoms with Crippen LogP contribution in [-0.4, -0.2) is 36.8 Å². The fourth-order valence-corrected chi connectivity index (χ4v) is 4.63. The molecule has 1 aliphatic heterocycles. The van der Waals surface area contributed by atoms with Gasteiger partial charge >= 0.3 is 0 Å². The number of piperidine rings is 1. The van der Waals surface area contributed by atoms with Crippen molar-refractivity contribution in [3.05, 3.63) is 32.8 Å². The molecule has 0 aromatic heterocycles. The summed E-state index contributed by atoms with van der Waals surface area (Å²) in [6.07, 6.45) is 1.57. The van der Waals surface area contributed by atoms with E-state index in [2.05, 4.69) is 15.9 Å². The summed E-state index contributed by atoms with van der Waals surface area (Å²) in [6, 6.07) is 3.86. The summed E-state index contributed by atoms with van der Waals surface area (Å²) in [7, 11) is -3.91. The van der Waals surface area contributed by atoms with E-state index in [1.807, 2.05) is 6.92 Å². The predicted molar refractivity (Wildman–Crippen MR) is 93.2 cm³/mol. The van der Waals surface area contributed by atoms with Gasteiger partial charge in [0, 0.05) is 29.7 Å². The zero-order chi connectivity index (χ0) is 16.5. The Hall–Kier alpha value is -0.740. The molecule has 1 heterocycles. The maximum atomic E-state index is 12.8. The van der Waals surface area contributed by atoms with Crippen LogP contribution in [0.1, 0.15) is 19.8 Å². The molecule has 23 heavy (non-hydrogen) atoms. The number of nitro benzene ring substituents is 1. The second-order valence-electron chi connectivity index (χ2n) is 5.49. The summed E-state index contributed by atoms with van der Waals surface area (Å²) < 4.78 is 27.3. The summed E-state index contributed by atoms with van der Waals surface area (Å²) in [5.41, 5.74) is 5.45. The van der Waals surface area contributed by atoms with Gasteiger partial charge in [-0.1, -0.05) is 15.9 Å². The topological polar surface area (TPSA) is 107 Å². The highest BCUT2D eigenvalue weighted by atomic mass is 79.9. The fourth-order valence-electron chi connectivity index (χ4n) is 2.61. The molecule has 2 N–H and O–H groups in total. The average Bonchev–Trinajstić information content (AvgIpc) is 2.46. The maximum Gasteiger partial charge on any atom is 0.290 e. The molecule has 0 radical (unpaired) electrons. The number of nitro groups is 1. The van der Waals surface area contributed by atoms with Gasteiger partial charge in [-0.2, -0.15) is 4.31 Å². The molecule has 0 bridgehead atoms. The summed E-state index contributed by atoms with van der Waals surface area (Å²) in [6.45, 7) is 2.51. The van der Waals surface area contributed by atoms with Crippen molar-refractivity contribution in [2.75, 3.05) is 13.1 Å². The first-order valence-electron chi connectivity index (χ1n) is 6.93. The first-order chi connectivity index (χ1) is 10.2. The van der Waals surface area contributed by atoms with Gasteiger partial charge in [0.1, 0.15) is 0 Å². The molecule has 2 unspecified atom stereocenters. The number of rotatable bonds is 4. The summed E-state index contributed by atoms with van der Waals surface area (Å²) in [5, 5.41) is 11.2. The number of benzene rings is 1. The SMILES string of the molecule is CC(N)C1CCCN(S(=O)(=O)c2ccc(Br)cc2[N+](=O)[O-])C1.Cl. The number of halogens is 2. The Labute approximate surface area is 150 Å². The highest BCUT2D eigenvalue weighted by molar-refractivity contribution is 9.10. The molecule has 7 nitrogen and oxygen atoms in total. The minimum Gasteiger partial charge on any atom is -0.328 e. The molecule has 0 aliphatic carbocycles. The van der Waals surface area contributed by atoms with Crippen molar-refractivity contribution in [3.8, 4) is 0 Å². The highest BCUT2D eigenvalue weighted by Gasteiger charge is 2.35. The van der Waals surface area contributed by atoms with E-state index in [1.165, 1.54) is 22.5 Å². The lowest BCUT2D eigenvalue weighted by Crippen LogP contribution is -2.45. The van der Waals surface area contributed by atoms with Gasteiger partial charge in [0.25, 0.3) is 5.69 Å². The first kappa shape index (κ1) is 20.3. The van der Waals surface area contributed by atoms with E-state index in [-0.39, 0.29) is 29.3 Å². The zero-order valence-electron chi connectivity index (χ0n) is 12.5. The van der Waals surface area contributed by atoms with Gasteiger partial charge in [0.2, 0.25) is 10.0 Å². The third-order valence-electron chi connectivity index (χ3n) is 3.90. The van der Waals surface area contributed by atoms with Crippen LogP contribution in [0.2, 0.25) is 0 Å². The molecule has 0 saturated carbocycles. The third kappa shape index (κ3) is 4.42. The minimum absolute atomic E-state index is 0. The summed E-state index contributed by atoms with van der Waals surface area (Å²) in [4.78, 5) is 10.2. The molecule has 1 aromatic rings. The van der Waals surface area contributed by atoms with Gasteiger partial charge in [0.15, 0.2) is 4.90 Å². The van der Waals surface area contributed by atoms with Crippen LogP contribution < -0.4 is 5.73 Å². The largest absolute Gasteiger partial charge is 0.328 e. The molecule has 0 amide bonds. The predicted octanol–water partition coefficient (Wildman–Crippen LogP) is 2.53. The van der Waals surface area contributed by atoms with Crippen LogP contribution in [0.15, 0.2) is 27.6 Å². The van der Waals surface area contributed by atoms with Gasteiger partial charge in [-0.15, -0.1) is 12.4 Å². The zero-order valence-corrected chi connectivity index (χ0v) is 15.7. The van der Waals surface area contributed by atoms with Crippen molar-refractivity contribution in [3.63, 3.8) is 0 Å². The van der Waals surface area contributed by atoms with E-state index in [4.69, 9.17) is 5.73 Å². The number of hydrogen-bond donors (Lipinski definition) is 1. The van der Waals surface area contributed by atoms with Crippen LogP contribution in [-0.2, 0) is 10.0 Å². The Kier molecular flexibility index (Phi) is 6.96. The monoisotopic (exact) mass is 427 g/mol. The van der Waals surface area contributed by atoms with Crippen molar-refractivity contribution in [1.29, 1.82) is 0 Å². The molecule has 1 fully saturated rings. The number of hydrogen-bond acceptors (Lipinski definition) is 5. The van der Waals surface area contributed by atoms with Crippen LogP contribution in [0.4, 0.5) is 5.69 Å². The quantitative estimate of drug-likeness (QED) is 0.586. The second-order valence-corrected chi connectivity index (χ2v) is 8.32. The van der Waals surface area contributed by atoms with E-state index in [9.17, 15) is 18.5 Å². The molecule has 2 atom stereocenters. The Bertz CT molecular complexity index is 684. The van der Waals surface area contributed by atoms with Crippen molar-refractivity contribution < 1.29 is 13.3 Å². The lowest BCUT2D eigenvalue weighted by atomic mass is 9.93. The van der Waals surface area contributed by atoms with E-state index >= 15 is 0 Å². The molecule has 1 aliphatic rings. The maximum absolute atomic E-state index is 12.8. The molecule has 130 valence electrons. The summed E-state index contributed by atoms with van der Waals surface area (Å²) >= 11 is 3.13. The molecular weight excluding hydrogens is 410 g/mol. The Morgan fingerprint density at radius 1 is 1.48 bits per heavy atom. The number of nitrogens with zero attached hydrogens (tertiary/aromatic N) is 2. The van der Waals surface area contributed by atoms with Crippen LogP contribution >= 0.6 is 28.3 Å². The van der Waals surface area contributed by atoms with Crippen LogP contribution in [0.3, 0.4) is 0 Å². The van der Waals surface area contributed by atoms with E-state index in [0.29, 0.717) is 24.0 Å².